The average molecular weight is 336 g/mol. The molecule has 25 heavy (non-hydrogen) atoms. The molecule has 0 spiro atoms. The van der Waals surface area contributed by atoms with Gasteiger partial charge in [-0.2, -0.15) is 4.98 Å². The average Bonchev–Trinajstić information content (AvgIpc) is 3.14. The van der Waals surface area contributed by atoms with Gasteiger partial charge in [-0.05, 0) is 24.3 Å². The molecular weight excluding hydrogens is 316 g/mol. The number of piperazine rings is 1. The van der Waals surface area contributed by atoms with E-state index in [2.05, 4.69) is 36.0 Å². The Morgan fingerprint density at radius 1 is 0.920 bits per heavy atom. The van der Waals surface area contributed by atoms with Crippen molar-refractivity contribution in [3.63, 3.8) is 0 Å². The van der Waals surface area contributed by atoms with Crippen molar-refractivity contribution >= 4 is 0 Å². The summed E-state index contributed by atoms with van der Waals surface area (Å²) in [5.41, 5.74) is 1.99. The van der Waals surface area contributed by atoms with Gasteiger partial charge in [-0.1, -0.05) is 11.2 Å². The van der Waals surface area contributed by atoms with Crippen LogP contribution in [0.15, 0.2) is 53.4 Å². The minimum absolute atomic E-state index is 0.594. The third-order valence-corrected chi connectivity index (χ3v) is 4.32. The summed E-state index contributed by atoms with van der Waals surface area (Å²) in [5.74, 6) is 1.24. The van der Waals surface area contributed by atoms with Crippen molar-refractivity contribution in [1.82, 2.24) is 29.9 Å². The molecule has 1 aliphatic rings. The molecule has 1 saturated heterocycles. The minimum Gasteiger partial charge on any atom is -0.338 e. The summed E-state index contributed by atoms with van der Waals surface area (Å²) in [6.07, 6.45) is 5.32. The number of nitrogens with zero attached hydrogens (tertiary/aromatic N) is 6. The number of hydrogen-bond acceptors (Lipinski definition) is 7. The molecule has 0 bridgehead atoms. The van der Waals surface area contributed by atoms with Gasteiger partial charge >= 0.3 is 0 Å². The Balaban J connectivity index is 1.30. The van der Waals surface area contributed by atoms with Gasteiger partial charge < -0.3 is 4.52 Å². The lowest BCUT2D eigenvalue weighted by Gasteiger charge is -2.33. The highest BCUT2D eigenvalue weighted by atomic mass is 16.5. The summed E-state index contributed by atoms with van der Waals surface area (Å²) in [7, 11) is 0. The highest BCUT2D eigenvalue weighted by Crippen LogP contribution is 2.15. The normalized spacial score (nSPS) is 16.2. The van der Waals surface area contributed by atoms with Crippen LogP contribution < -0.4 is 0 Å². The number of hydrogen-bond donors (Lipinski definition) is 0. The van der Waals surface area contributed by atoms with Crippen LogP contribution in [0.2, 0.25) is 0 Å². The highest BCUT2D eigenvalue weighted by Gasteiger charge is 2.19. The summed E-state index contributed by atoms with van der Waals surface area (Å²) in [6, 6.07) is 9.86. The number of rotatable bonds is 5. The molecular formula is C18H20N6O. The van der Waals surface area contributed by atoms with Gasteiger partial charge in [0.05, 0.1) is 12.2 Å². The van der Waals surface area contributed by atoms with E-state index >= 15 is 0 Å². The second-order valence-corrected chi connectivity index (χ2v) is 6.13. The van der Waals surface area contributed by atoms with Crippen LogP contribution in [0, 0.1) is 0 Å². The third kappa shape index (κ3) is 4.07. The van der Waals surface area contributed by atoms with E-state index in [1.54, 1.807) is 12.4 Å². The fourth-order valence-electron chi connectivity index (χ4n) is 2.95. The van der Waals surface area contributed by atoms with Crippen molar-refractivity contribution in [2.45, 2.75) is 13.1 Å². The van der Waals surface area contributed by atoms with E-state index in [-0.39, 0.29) is 0 Å². The van der Waals surface area contributed by atoms with Gasteiger partial charge in [0.2, 0.25) is 11.7 Å². The van der Waals surface area contributed by atoms with Crippen LogP contribution in [0.5, 0.6) is 0 Å². The first-order chi connectivity index (χ1) is 12.4. The summed E-state index contributed by atoms with van der Waals surface area (Å²) in [6.45, 7) is 5.58. The summed E-state index contributed by atoms with van der Waals surface area (Å²) in [5, 5.41) is 4.05. The summed E-state index contributed by atoms with van der Waals surface area (Å²) in [4.78, 5) is 17.7. The molecule has 0 amide bonds. The molecule has 0 radical (unpaired) electrons. The molecule has 0 N–H and O–H groups in total. The molecule has 7 heteroatoms. The fourth-order valence-corrected chi connectivity index (χ4v) is 2.95. The van der Waals surface area contributed by atoms with Crippen LogP contribution in [-0.2, 0) is 13.1 Å². The van der Waals surface area contributed by atoms with Crippen LogP contribution in [0.4, 0.5) is 0 Å². The maximum absolute atomic E-state index is 5.39. The Hall–Kier alpha value is -2.64. The zero-order valence-electron chi connectivity index (χ0n) is 14.0. The Morgan fingerprint density at radius 3 is 2.48 bits per heavy atom. The topological polar surface area (TPSA) is 71.2 Å². The van der Waals surface area contributed by atoms with Crippen LogP contribution in [0.25, 0.3) is 11.4 Å². The molecule has 3 aromatic rings. The molecule has 128 valence electrons. The molecule has 4 rings (SSSR count). The maximum atomic E-state index is 5.39. The van der Waals surface area contributed by atoms with Gasteiger partial charge in [0, 0.05) is 56.9 Å². The lowest BCUT2D eigenvalue weighted by atomic mass is 10.2. The predicted molar refractivity (Wildman–Crippen MR) is 92.3 cm³/mol. The Morgan fingerprint density at radius 2 is 1.76 bits per heavy atom. The molecule has 7 nitrogen and oxygen atoms in total. The number of pyridine rings is 2. The molecule has 0 aliphatic carbocycles. The predicted octanol–water partition coefficient (Wildman–Crippen LogP) is 1.84. The lowest BCUT2D eigenvalue weighted by molar-refractivity contribution is 0.111. The van der Waals surface area contributed by atoms with Crippen molar-refractivity contribution in [2.24, 2.45) is 0 Å². The summed E-state index contributed by atoms with van der Waals surface area (Å²) >= 11 is 0. The van der Waals surface area contributed by atoms with Crippen LogP contribution in [0.1, 0.15) is 11.6 Å². The van der Waals surface area contributed by atoms with E-state index in [0.717, 1.165) is 44.0 Å². The molecule has 1 fully saturated rings. The van der Waals surface area contributed by atoms with Crippen molar-refractivity contribution in [2.75, 3.05) is 26.2 Å². The van der Waals surface area contributed by atoms with Gasteiger partial charge in [-0.15, -0.1) is 0 Å². The largest absolute Gasteiger partial charge is 0.338 e. The van der Waals surface area contributed by atoms with Gasteiger partial charge in [0.15, 0.2) is 0 Å². The number of aromatic nitrogens is 4. The first kappa shape index (κ1) is 15.9. The van der Waals surface area contributed by atoms with E-state index in [1.165, 1.54) is 0 Å². The smallest absolute Gasteiger partial charge is 0.241 e. The Bertz CT molecular complexity index is 784. The summed E-state index contributed by atoms with van der Waals surface area (Å²) < 4.78 is 5.39. The highest BCUT2D eigenvalue weighted by molar-refractivity contribution is 5.51. The standard InChI is InChI=1S/C18H20N6O/c1-2-7-20-16(5-1)13-23-8-10-24(11-9-23)14-17-21-18(22-25-17)15-4-3-6-19-12-15/h1-7,12H,8-11,13-14H2. The SMILES string of the molecule is c1ccc(CN2CCN(Cc3nc(-c4cccnc4)no3)CC2)nc1. The fraction of sp³-hybridized carbons (Fsp3) is 0.333. The monoisotopic (exact) mass is 336 g/mol. The first-order valence-electron chi connectivity index (χ1n) is 8.44. The molecule has 0 atom stereocenters. The second kappa shape index (κ2) is 7.50. The van der Waals surface area contributed by atoms with E-state index in [1.807, 2.05) is 30.5 Å². The molecule has 4 heterocycles. The van der Waals surface area contributed by atoms with Crippen molar-refractivity contribution in [3.8, 4) is 11.4 Å². The Labute approximate surface area is 146 Å². The molecule has 1 aliphatic heterocycles. The molecule has 0 saturated carbocycles. The zero-order valence-corrected chi connectivity index (χ0v) is 14.0. The van der Waals surface area contributed by atoms with Crippen molar-refractivity contribution in [1.29, 1.82) is 0 Å². The van der Waals surface area contributed by atoms with Gasteiger partial charge in [0.25, 0.3) is 0 Å². The van der Waals surface area contributed by atoms with Crippen LogP contribution >= 0.6 is 0 Å². The van der Waals surface area contributed by atoms with Gasteiger partial charge in [-0.3, -0.25) is 19.8 Å². The third-order valence-electron chi connectivity index (χ3n) is 4.32. The van der Waals surface area contributed by atoms with Crippen molar-refractivity contribution in [3.05, 3.63) is 60.5 Å². The molecule has 3 aromatic heterocycles. The Kier molecular flexibility index (Phi) is 4.76. The second-order valence-electron chi connectivity index (χ2n) is 6.13. The van der Waals surface area contributed by atoms with Crippen LogP contribution in [-0.4, -0.2) is 56.1 Å². The van der Waals surface area contributed by atoms with Gasteiger partial charge in [-0.25, -0.2) is 0 Å². The van der Waals surface area contributed by atoms with E-state index < -0.39 is 0 Å². The lowest BCUT2D eigenvalue weighted by Crippen LogP contribution is -2.45. The van der Waals surface area contributed by atoms with E-state index in [4.69, 9.17) is 4.52 Å². The van der Waals surface area contributed by atoms with Crippen molar-refractivity contribution < 1.29 is 4.52 Å². The minimum atomic E-state index is 0.594. The van der Waals surface area contributed by atoms with Crippen LogP contribution in [0.3, 0.4) is 0 Å². The first-order valence-corrected chi connectivity index (χ1v) is 8.44. The molecule has 0 aromatic carbocycles. The van der Waals surface area contributed by atoms with E-state index in [9.17, 15) is 0 Å². The quantitative estimate of drug-likeness (QED) is 0.704. The zero-order chi connectivity index (χ0) is 16.9. The molecule has 0 unspecified atom stereocenters. The maximum Gasteiger partial charge on any atom is 0.241 e. The van der Waals surface area contributed by atoms with E-state index in [0.29, 0.717) is 18.3 Å². The van der Waals surface area contributed by atoms with Gasteiger partial charge in [0.1, 0.15) is 0 Å².